The summed E-state index contributed by atoms with van der Waals surface area (Å²) in [4.78, 5) is 28.8. The molecule has 118 valence electrons. The van der Waals surface area contributed by atoms with Crippen molar-refractivity contribution < 1.29 is 14.0 Å². The molecule has 2 fully saturated rings. The van der Waals surface area contributed by atoms with Crippen molar-refractivity contribution in [2.45, 2.75) is 25.4 Å². The van der Waals surface area contributed by atoms with E-state index in [1.165, 1.54) is 4.90 Å². The molecule has 0 spiro atoms. The lowest BCUT2D eigenvalue weighted by atomic mass is 9.78. The van der Waals surface area contributed by atoms with Gasteiger partial charge < -0.3 is 9.80 Å². The van der Waals surface area contributed by atoms with Crippen LogP contribution in [0.4, 0.5) is 4.39 Å². The second-order valence-corrected chi connectivity index (χ2v) is 6.36. The zero-order valence-electron chi connectivity index (χ0n) is 12.8. The van der Waals surface area contributed by atoms with E-state index in [1.807, 2.05) is 30.3 Å². The van der Waals surface area contributed by atoms with Gasteiger partial charge in [0.15, 0.2) is 0 Å². The quantitative estimate of drug-likeness (QED) is 0.797. The van der Waals surface area contributed by atoms with E-state index in [1.54, 1.807) is 11.9 Å². The molecule has 0 saturated carbocycles. The molecule has 0 aromatic heterocycles. The van der Waals surface area contributed by atoms with Crippen LogP contribution in [0, 0.1) is 5.41 Å². The molecule has 5 heteroatoms. The number of likely N-dealkylation sites (tertiary alicyclic amines) is 2. The molecule has 0 N–H and O–H groups in total. The standard InChI is InChI=1S/C17H21FN2O2/c1-19-10-8-17(15(19)21,11-13-5-3-2-4-6-13)16(22)20-9-7-14(18)12-20/h2-6,14H,7-12H2,1H3/t14-,17?/m1/s1. The van der Waals surface area contributed by atoms with E-state index in [0.717, 1.165) is 5.56 Å². The second kappa shape index (κ2) is 5.71. The topological polar surface area (TPSA) is 40.6 Å². The highest BCUT2D eigenvalue weighted by molar-refractivity contribution is 6.06. The lowest BCUT2D eigenvalue weighted by Crippen LogP contribution is -2.49. The monoisotopic (exact) mass is 304 g/mol. The van der Waals surface area contributed by atoms with Gasteiger partial charge in [0.05, 0.1) is 6.54 Å². The highest BCUT2D eigenvalue weighted by Crippen LogP contribution is 2.38. The number of halogens is 1. The molecule has 2 atom stereocenters. The van der Waals surface area contributed by atoms with Crippen LogP contribution in [0.25, 0.3) is 0 Å². The summed E-state index contributed by atoms with van der Waals surface area (Å²) in [5, 5.41) is 0. The van der Waals surface area contributed by atoms with E-state index in [9.17, 15) is 14.0 Å². The summed E-state index contributed by atoms with van der Waals surface area (Å²) >= 11 is 0. The van der Waals surface area contributed by atoms with Crippen molar-refractivity contribution in [1.82, 2.24) is 9.80 Å². The lowest BCUT2D eigenvalue weighted by Gasteiger charge is -2.30. The molecule has 2 amide bonds. The van der Waals surface area contributed by atoms with Crippen LogP contribution >= 0.6 is 0 Å². The molecule has 0 radical (unpaired) electrons. The highest BCUT2D eigenvalue weighted by Gasteiger charge is 2.53. The van der Waals surface area contributed by atoms with Crippen molar-refractivity contribution in [2.24, 2.45) is 5.41 Å². The van der Waals surface area contributed by atoms with Gasteiger partial charge in [0, 0.05) is 20.1 Å². The van der Waals surface area contributed by atoms with Crippen LogP contribution in [-0.2, 0) is 16.0 Å². The fourth-order valence-corrected chi connectivity index (χ4v) is 3.52. The first-order valence-corrected chi connectivity index (χ1v) is 7.76. The van der Waals surface area contributed by atoms with E-state index in [0.29, 0.717) is 32.4 Å². The van der Waals surface area contributed by atoms with Gasteiger partial charge in [-0.3, -0.25) is 9.59 Å². The summed E-state index contributed by atoms with van der Waals surface area (Å²) in [7, 11) is 1.73. The maximum absolute atomic E-state index is 13.5. The van der Waals surface area contributed by atoms with E-state index in [2.05, 4.69) is 0 Å². The largest absolute Gasteiger partial charge is 0.345 e. The van der Waals surface area contributed by atoms with Gasteiger partial charge in [0.2, 0.25) is 11.8 Å². The number of carbonyl (C=O) groups excluding carboxylic acids is 2. The fourth-order valence-electron chi connectivity index (χ4n) is 3.52. The first kappa shape index (κ1) is 15.0. The summed E-state index contributed by atoms with van der Waals surface area (Å²) in [6.07, 6.45) is 0.302. The van der Waals surface area contributed by atoms with Gasteiger partial charge in [0.1, 0.15) is 11.6 Å². The average Bonchev–Trinajstić information content (AvgIpc) is 3.07. The summed E-state index contributed by atoms with van der Waals surface area (Å²) in [6, 6.07) is 9.59. The van der Waals surface area contributed by atoms with Gasteiger partial charge in [0.25, 0.3) is 0 Å². The third kappa shape index (κ3) is 2.49. The Morgan fingerprint density at radius 3 is 2.59 bits per heavy atom. The van der Waals surface area contributed by atoms with Gasteiger partial charge in [-0.05, 0) is 24.8 Å². The summed E-state index contributed by atoms with van der Waals surface area (Å²) in [5.41, 5.74) is -0.0873. The van der Waals surface area contributed by atoms with Gasteiger partial charge in [-0.1, -0.05) is 30.3 Å². The Morgan fingerprint density at radius 2 is 2.05 bits per heavy atom. The van der Waals surface area contributed by atoms with E-state index in [4.69, 9.17) is 0 Å². The SMILES string of the molecule is CN1CCC(Cc2ccccc2)(C(=O)N2CC[C@@H](F)C2)C1=O. The Bertz CT molecular complexity index is 577. The Morgan fingerprint density at radius 1 is 1.32 bits per heavy atom. The molecule has 22 heavy (non-hydrogen) atoms. The number of hydrogen-bond acceptors (Lipinski definition) is 2. The molecule has 0 bridgehead atoms. The number of carbonyl (C=O) groups is 2. The van der Waals surface area contributed by atoms with Gasteiger partial charge in [-0.25, -0.2) is 4.39 Å². The van der Waals surface area contributed by atoms with E-state index < -0.39 is 11.6 Å². The van der Waals surface area contributed by atoms with E-state index >= 15 is 0 Å². The Hall–Kier alpha value is -1.91. The molecule has 1 aromatic carbocycles. The second-order valence-electron chi connectivity index (χ2n) is 6.36. The highest BCUT2D eigenvalue weighted by atomic mass is 19.1. The van der Waals surface area contributed by atoms with Crippen LogP contribution in [0.2, 0.25) is 0 Å². The first-order chi connectivity index (χ1) is 10.5. The minimum absolute atomic E-state index is 0.117. The van der Waals surface area contributed by atoms with Crippen LogP contribution in [0.5, 0.6) is 0 Å². The predicted molar refractivity (Wildman–Crippen MR) is 80.9 cm³/mol. The minimum atomic E-state index is -1.06. The van der Waals surface area contributed by atoms with Crippen molar-refractivity contribution in [3.05, 3.63) is 35.9 Å². The maximum atomic E-state index is 13.5. The van der Waals surface area contributed by atoms with Crippen LogP contribution < -0.4 is 0 Å². The van der Waals surface area contributed by atoms with Gasteiger partial charge >= 0.3 is 0 Å². The molecule has 2 saturated heterocycles. The smallest absolute Gasteiger partial charge is 0.238 e. The van der Waals surface area contributed by atoms with Crippen LogP contribution in [0.1, 0.15) is 18.4 Å². The number of rotatable bonds is 3. The zero-order chi connectivity index (χ0) is 15.7. The van der Waals surface area contributed by atoms with Crippen LogP contribution in [0.3, 0.4) is 0 Å². The number of benzene rings is 1. The number of hydrogen-bond donors (Lipinski definition) is 0. The summed E-state index contributed by atoms with van der Waals surface area (Å²) in [6.45, 7) is 1.10. The Labute approximate surface area is 129 Å². The summed E-state index contributed by atoms with van der Waals surface area (Å²) < 4.78 is 13.5. The number of amides is 2. The molecule has 2 aliphatic rings. The average molecular weight is 304 g/mol. The van der Waals surface area contributed by atoms with Crippen molar-refractivity contribution in [1.29, 1.82) is 0 Å². The maximum Gasteiger partial charge on any atom is 0.238 e. The third-order valence-corrected chi connectivity index (χ3v) is 4.81. The molecule has 2 heterocycles. The van der Waals surface area contributed by atoms with Crippen molar-refractivity contribution >= 4 is 11.8 Å². The predicted octanol–water partition coefficient (Wildman–Crippen LogP) is 1.65. The molecular weight excluding hydrogens is 283 g/mol. The van der Waals surface area contributed by atoms with Crippen LogP contribution in [-0.4, -0.2) is 54.5 Å². The minimum Gasteiger partial charge on any atom is -0.345 e. The molecule has 0 aliphatic carbocycles. The molecule has 3 rings (SSSR count). The molecular formula is C17H21FN2O2. The number of nitrogens with zero attached hydrogens (tertiary/aromatic N) is 2. The first-order valence-electron chi connectivity index (χ1n) is 7.76. The van der Waals surface area contributed by atoms with Crippen molar-refractivity contribution in [3.63, 3.8) is 0 Å². The molecule has 4 nitrogen and oxygen atoms in total. The number of alkyl halides is 1. The van der Waals surface area contributed by atoms with Crippen molar-refractivity contribution in [2.75, 3.05) is 26.7 Å². The normalized spacial score (nSPS) is 28.5. The van der Waals surface area contributed by atoms with Gasteiger partial charge in [-0.15, -0.1) is 0 Å². The van der Waals surface area contributed by atoms with E-state index in [-0.39, 0.29) is 18.4 Å². The Kier molecular flexibility index (Phi) is 3.89. The van der Waals surface area contributed by atoms with Gasteiger partial charge in [-0.2, -0.15) is 0 Å². The molecule has 1 unspecified atom stereocenters. The molecule has 1 aromatic rings. The molecule has 2 aliphatic heterocycles. The third-order valence-electron chi connectivity index (χ3n) is 4.81. The lowest BCUT2D eigenvalue weighted by molar-refractivity contribution is -0.150. The fraction of sp³-hybridized carbons (Fsp3) is 0.529. The van der Waals surface area contributed by atoms with Crippen molar-refractivity contribution in [3.8, 4) is 0 Å². The zero-order valence-corrected chi connectivity index (χ0v) is 12.8. The Balaban J connectivity index is 1.90. The summed E-state index contributed by atoms with van der Waals surface area (Å²) in [5.74, 6) is -0.338. The van der Waals surface area contributed by atoms with Crippen LogP contribution in [0.15, 0.2) is 30.3 Å².